The lowest BCUT2D eigenvalue weighted by molar-refractivity contribution is -0.137. The Bertz CT molecular complexity index is 1180. The number of nitrogens with zero attached hydrogens (tertiary/aromatic N) is 3. The van der Waals surface area contributed by atoms with E-state index in [1.54, 1.807) is 6.07 Å². The number of rotatable bonds is 6. The molecule has 2 aromatic carbocycles. The third-order valence-electron chi connectivity index (χ3n) is 6.68. The van der Waals surface area contributed by atoms with Gasteiger partial charge in [0.2, 0.25) is 15.9 Å². The second-order valence-electron chi connectivity index (χ2n) is 8.97. The molecule has 2 aromatic rings. The number of piperidine rings is 1. The van der Waals surface area contributed by atoms with E-state index >= 15 is 0 Å². The first-order valence-electron chi connectivity index (χ1n) is 11.9. The Balaban J connectivity index is 1.40. The van der Waals surface area contributed by atoms with Crippen LogP contribution in [0.1, 0.15) is 25.3 Å². The number of carbonyl (C=O) groups is 1. The number of benzene rings is 2. The fourth-order valence-corrected chi connectivity index (χ4v) is 6.79. The van der Waals surface area contributed by atoms with Crippen LogP contribution in [-0.2, 0) is 14.8 Å². The quantitative estimate of drug-likeness (QED) is 0.542. The van der Waals surface area contributed by atoms with Crippen LogP contribution in [0.3, 0.4) is 0 Å². The zero-order valence-electron chi connectivity index (χ0n) is 20.0. The van der Waals surface area contributed by atoms with E-state index in [0.717, 1.165) is 11.3 Å². The topological polar surface area (TPSA) is 70.2 Å². The predicted octanol–water partition coefficient (Wildman–Crippen LogP) is 4.45. The molecule has 1 amide bonds. The monoisotopic (exact) mass is 539 g/mol. The minimum atomic E-state index is -3.77. The average molecular weight is 541 g/mol. The molecule has 0 N–H and O–H groups in total. The van der Waals surface area contributed by atoms with Gasteiger partial charge in [0.05, 0.1) is 22.4 Å². The van der Waals surface area contributed by atoms with Crippen molar-refractivity contribution >= 4 is 44.8 Å². The summed E-state index contributed by atoms with van der Waals surface area (Å²) in [7, 11) is -3.77. The van der Waals surface area contributed by atoms with Crippen LogP contribution in [0, 0.1) is 12.8 Å². The van der Waals surface area contributed by atoms with Crippen molar-refractivity contribution in [1.29, 1.82) is 0 Å². The number of hydrogen-bond donors (Lipinski definition) is 0. The fraction of sp³-hybridized carbons (Fsp3) is 0.480. The van der Waals surface area contributed by atoms with Crippen LogP contribution >= 0.6 is 23.2 Å². The highest BCUT2D eigenvalue weighted by Gasteiger charge is 2.36. The normalized spacial score (nSPS) is 19.6. The van der Waals surface area contributed by atoms with Gasteiger partial charge in [0, 0.05) is 50.0 Å². The summed E-state index contributed by atoms with van der Waals surface area (Å²) in [6.07, 6.45) is 1.32. The van der Waals surface area contributed by atoms with Gasteiger partial charge >= 0.3 is 0 Å². The molecule has 2 fully saturated rings. The number of halogens is 2. The van der Waals surface area contributed by atoms with Crippen LogP contribution in [0.25, 0.3) is 0 Å². The Labute approximate surface area is 217 Å². The molecular weight excluding hydrogens is 509 g/mol. The van der Waals surface area contributed by atoms with E-state index in [0.29, 0.717) is 62.9 Å². The minimum Gasteiger partial charge on any atom is -0.492 e. The summed E-state index contributed by atoms with van der Waals surface area (Å²) < 4.78 is 33.4. The van der Waals surface area contributed by atoms with Crippen molar-refractivity contribution in [3.05, 3.63) is 52.0 Å². The van der Waals surface area contributed by atoms with Crippen molar-refractivity contribution in [2.75, 3.05) is 50.8 Å². The lowest BCUT2D eigenvalue weighted by atomic mass is 9.97. The minimum absolute atomic E-state index is 0.0251. The van der Waals surface area contributed by atoms with E-state index < -0.39 is 10.0 Å². The second-order valence-corrected chi connectivity index (χ2v) is 11.8. The van der Waals surface area contributed by atoms with Crippen molar-refractivity contribution in [3.63, 3.8) is 0 Å². The molecule has 7 nitrogen and oxygen atoms in total. The lowest BCUT2D eigenvalue weighted by Gasteiger charge is -2.40. The molecule has 0 aromatic heterocycles. The van der Waals surface area contributed by atoms with Gasteiger partial charge in [-0.25, -0.2) is 8.42 Å². The van der Waals surface area contributed by atoms with Crippen LogP contribution < -0.4 is 9.64 Å². The maximum atomic E-state index is 13.3. The third kappa shape index (κ3) is 5.71. The number of amides is 1. The summed E-state index contributed by atoms with van der Waals surface area (Å²) in [6, 6.07) is 10.4. The van der Waals surface area contributed by atoms with E-state index in [1.165, 1.54) is 16.4 Å². The van der Waals surface area contributed by atoms with Gasteiger partial charge in [0.25, 0.3) is 0 Å². The molecule has 4 rings (SSSR count). The van der Waals surface area contributed by atoms with Crippen LogP contribution in [0.15, 0.2) is 41.3 Å². The number of aryl methyl sites for hydroxylation is 1. The predicted molar refractivity (Wildman–Crippen MR) is 139 cm³/mol. The fourth-order valence-electron chi connectivity index (χ4n) is 4.78. The summed E-state index contributed by atoms with van der Waals surface area (Å²) in [5.41, 5.74) is 2.24. The number of sulfonamides is 1. The first kappa shape index (κ1) is 26.1. The van der Waals surface area contributed by atoms with Gasteiger partial charge in [-0.15, -0.1) is 0 Å². The highest BCUT2D eigenvalue weighted by molar-refractivity contribution is 7.89. The van der Waals surface area contributed by atoms with Crippen LogP contribution in [0.2, 0.25) is 10.0 Å². The Morgan fingerprint density at radius 3 is 2.49 bits per heavy atom. The van der Waals surface area contributed by atoms with E-state index in [-0.39, 0.29) is 28.3 Å². The number of hydrogen-bond acceptors (Lipinski definition) is 5. The summed E-state index contributed by atoms with van der Waals surface area (Å²) >= 11 is 12.4. The number of carbonyl (C=O) groups excluding carboxylic acids is 1. The maximum absolute atomic E-state index is 13.3. The first-order valence-corrected chi connectivity index (χ1v) is 14.1. The molecule has 2 aliphatic heterocycles. The smallest absolute Gasteiger partial charge is 0.243 e. The molecule has 0 saturated carbocycles. The highest BCUT2D eigenvalue weighted by atomic mass is 35.5. The molecule has 190 valence electrons. The van der Waals surface area contributed by atoms with Crippen molar-refractivity contribution < 1.29 is 17.9 Å². The average Bonchev–Trinajstić information content (AvgIpc) is 2.86. The van der Waals surface area contributed by atoms with Crippen molar-refractivity contribution in [2.45, 2.75) is 31.6 Å². The summed E-state index contributed by atoms with van der Waals surface area (Å²) in [6.45, 7) is 7.53. The van der Waals surface area contributed by atoms with Crippen molar-refractivity contribution in [2.24, 2.45) is 5.92 Å². The molecule has 1 atom stereocenters. The summed E-state index contributed by atoms with van der Waals surface area (Å²) in [4.78, 5) is 17.6. The van der Waals surface area contributed by atoms with E-state index in [2.05, 4.69) is 11.8 Å². The van der Waals surface area contributed by atoms with Gasteiger partial charge in [-0.3, -0.25) is 4.79 Å². The Kier molecular flexibility index (Phi) is 8.16. The zero-order valence-corrected chi connectivity index (χ0v) is 22.4. The van der Waals surface area contributed by atoms with Gasteiger partial charge < -0.3 is 14.5 Å². The molecule has 2 saturated heterocycles. The standard InChI is InChI=1S/C25H31Cl2N3O4S/c1-3-34-24-9-8-21(16-22(24)27)35(32,33)30-10-4-5-19(17-30)25(31)29-13-11-28(12-14-29)23-15-20(26)7-6-18(23)2/h6-9,15-16,19H,3-5,10-14,17H2,1-2H3/t19-/m1/s1. The lowest BCUT2D eigenvalue weighted by Crippen LogP contribution is -2.53. The van der Waals surface area contributed by atoms with Gasteiger partial charge in [0.15, 0.2) is 0 Å². The van der Waals surface area contributed by atoms with Crippen LogP contribution in [-0.4, -0.2) is 69.4 Å². The molecular formula is C25H31Cl2N3O4S. The molecule has 35 heavy (non-hydrogen) atoms. The Hall–Kier alpha value is -2.00. The summed E-state index contributed by atoms with van der Waals surface area (Å²) in [5.74, 6) is 0.125. The van der Waals surface area contributed by atoms with E-state index in [9.17, 15) is 13.2 Å². The van der Waals surface area contributed by atoms with Crippen molar-refractivity contribution in [3.8, 4) is 5.75 Å². The molecule has 0 aliphatic carbocycles. The zero-order chi connectivity index (χ0) is 25.2. The third-order valence-corrected chi connectivity index (χ3v) is 9.07. The summed E-state index contributed by atoms with van der Waals surface area (Å²) in [5, 5.41) is 0.951. The number of piperazine rings is 1. The molecule has 0 bridgehead atoms. The van der Waals surface area contributed by atoms with Gasteiger partial charge in [-0.1, -0.05) is 29.3 Å². The molecule has 0 spiro atoms. The van der Waals surface area contributed by atoms with Crippen LogP contribution in [0.4, 0.5) is 5.69 Å². The van der Waals surface area contributed by atoms with Crippen molar-refractivity contribution in [1.82, 2.24) is 9.21 Å². The number of anilines is 1. The second kappa shape index (κ2) is 10.9. The molecule has 2 aliphatic rings. The Morgan fingerprint density at radius 1 is 1.06 bits per heavy atom. The maximum Gasteiger partial charge on any atom is 0.243 e. The van der Waals surface area contributed by atoms with E-state index in [1.807, 2.05) is 30.0 Å². The molecule has 2 heterocycles. The van der Waals surface area contributed by atoms with Crippen LogP contribution in [0.5, 0.6) is 5.75 Å². The van der Waals surface area contributed by atoms with E-state index in [4.69, 9.17) is 27.9 Å². The van der Waals surface area contributed by atoms with Gasteiger partial charge in [-0.05, 0) is 62.6 Å². The first-order chi connectivity index (χ1) is 16.7. The van der Waals surface area contributed by atoms with Gasteiger partial charge in [0.1, 0.15) is 5.75 Å². The molecule has 10 heteroatoms. The molecule has 0 unspecified atom stereocenters. The SMILES string of the molecule is CCOc1ccc(S(=O)(=O)N2CCC[C@@H](C(=O)N3CCN(c4cc(Cl)ccc4C)CC3)C2)cc1Cl. The van der Waals surface area contributed by atoms with Gasteiger partial charge in [-0.2, -0.15) is 4.31 Å². The largest absolute Gasteiger partial charge is 0.492 e. The molecule has 0 radical (unpaired) electrons. The Morgan fingerprint density at radius 2 is 1.80 bits per heavy atom. The highest BCUT2D eigenvalue weighted by Crippen LogP contribution is 2.31. The number of ether oxygens (including phenoxy) is 1.